The van der Waals surface area contributed by atoms with E-state index in [1.54, 1.807) is 41.4 Å². The molecule has 1 fully saturated rings. The van der Waals surface area contributed by atoms with Crippen LogP contribution in [0.4, 0.5) is 15.9 Å². The summed E-state index contributed by atoms with van der Waals surface area (Å²) in [7, 11) is 0. The van der Waals surface area contributed by atoms with Crippen molar-refractivity contribution in [2.75, 3.05) is 31.5 Å². The van der Waals surface area contributed by atoms with Crippen LogP contribution in [-0.2, 0) is 4.79 Å². The van der Waals surface area contributed by atoms with E-state index in [4.69, 9.17) is 5.73 Å². The maximum absolute atomic E-state index is 14.0. The lowest BCUT2D eigenvalue weighted by Gasteiger charge is -2.32. The molecular weight excluding hydrogens is 432 g/mol. The molecule has 0 aliphatic carbocycles. The molecule has 1 atom stereocenters. The van der Waals surface area contributed by atoms with Crippen molar-refractivity contribution in [1.29, 1.82) is 0 Å². The quantitative estimate of drug-likeness (QED) is 0.618. The number of rotatable bonds is 6. The number of halogens is 3. The van der Waals surface area contributed by atoms with Crippen molar-refractivity contribution >= 4 is 48.1 Å². The van der Waals surface area contributed by atoms with Crippen LogP contribution in [0.15, 0.2) is 42.6 Å². The number of aromatic nitrogens is 1. The minimum Gasteiger partial charge on any atom is -0.355 e. The second kappa shape index (κ2) is 12.3. The number of para-hydroxylation sites is 1. The predicted molar refractivity (Wildman–Crippen MR) is 119 cm³/mol. The van der Waals surface area contributed by atoms with Crippen LogP contribution in [0.5, 0.6) is 0 Å². The van der Waals surface area contributed by atoms with Gasteiger partial charge in [-0.05, 0) is 37.1 Å². The number of nitrogens with zero attached hydrogens (tertiary/aromatic N) is 2. The van der Waals surface area contributed by atoms with Crippen LogP contribution in [0.3, 0.4) is 0 Å². The normalized spacial score (nSPS) is 15.4. The van der Waals surface area contributed by atoms with Crippen molar-refractivity contribution in [1.82, 2.24) is 15.2 Å². The van der Waals surface area contributed by atoms with Gasteiger partial charge in [-0.3, -0.25) is 9.59 Å². The van der Waals surface area contributed by atoms with Crippen LogP contribution in [0, 0.1) is 11.7 Å². The number of carbonyl (C=O) groups is 2. The lowest BCUT2D eigenvalue weighted by Crippen LogP contribution is -2.46. The van der Waals surface area contributed by atoms with Crippen LogP contribution >= 0.6 is 24.8 Å². The lowest BCUT2D eigenvalue weighted by molar-refractivity contribution is -0.126. The summed E-state index contributed by atoms with van der Waals surface area (Å²) >= 11 is 0. The van der Waals surface area contributed by atoms with Gasteiger partial charge < -0.3 is 21.3 Å². The van der Waals surface area contributed by atoms with Gasteiger partial charge in [0.2, 0.25) is 5.91 Å². The molecule has 1 aliphatic rings. The zero-order valence-electron chi connectivity index (χ0n) is 16.3. The number of hydrogen-bond acceptors (Lipinski definition) is 5. The number of anilines is 2. The molecule has 1 saturated heterocycles. The molecule has 2 aromatic rings. The Morgan fingerprint density at radius 1 is 1.20 bits per heavy atom. The number of nitrogens with two attached hydrogens (primary N) is 1. The van der Waals surface area contributed by atoms with Gasteiger partial charge in [0, 0.05) is 32.4 Å². The Labute approximate surface area is 187 Å². The number of benzene rings is 1. The average molecular weight is 458 g/mol. The van der Waals surface area contributed by atoms with E-state index >= 15 is 0 Å². The average Bonchev–Trinajstić information content (AvgIpc) is 2.73. The first kappa shape index (κ1) is 25.6. The van der Waals surface area contributed by atoms with Gasteiger partial charge in [0.25, 0.3) is 5.91 Å². The van der Waals surface area contributed by atoms with Gasteiger partial charge in [0.15, 0.2) is 0 Å². The van der Waals surface area contributed by atoms with Crippen molar-refractivity contribution in [2.24, 2.45) is 11.7 Å². The molecule has 30 heavy (non-hydrogen) atoms. The highest BCUT2D eigenvalue weighted by Crippen LogP contribution is 2.24. The van der Waals surface area contributed by atoms with Gasteiger partial charge in [-0.25, -0.2) is 9.37 Å². The predicted octanol–water partition coefficient (Wildman–Crippen LogP) is 2.74. The van der Waals surface area contributed by atoms with Gasteiger partial charge in [0.05, 0.1) is 17.2 Å². The molecule has 0 bridgehead atoms. The van der Waals surface area contributed by atoms with E-state index in [0.717, 1.165) is 12.8 Å². The maximum Gasteiger partial charge on any atom is 0.257 e. The highest BCUT2D eigenvalue weighted by molar-refractivity contribution is 5.99. The third kappa shape index (κ3) is 6.29. The fourth-order valence-electron chi connectivity index (χ4n) is 3.25. The second-order valence-corrected chi connectivity index (χ2v) is 6.67. The second-order valence-electron chi connectivity index (χ2n) is 6.67. The van der Waals surface area contributed by atoms with Crippen molar-refractivity contribution in [3.63, 3.8) is 0 Å². The SMILES string of the molecule is Cl.Cl.NCCNC(=O)C1CCCN(C(=O)c2cccnc2Nc2ccccc2F)C1. The van der Waals surface area contributed by atoms with Crippen LogP contribution < -0.4 is 16.4 Å². The lowest BCUT2D eigenvalue weighted by atomic mass is 9.96. The Kier molecular flexibility index (Phi) is 10.5. The van der Waals surface area contributed by atoms with Crippen molar-refractivity contribution < 1.29 is 14.0 Å². The molecule has 164 valence electrons. The van der Waals surface area contributed by atoms with Crippen LogP contribution in [0.1, 0.15) is 23.2 Å². The zero-order chi connectivity index (χ0) is 19.9. The fraction of sp³-hybridized carbons (Fsp3) is 0.350. The van der Waals surface area contributed by atoms with Gasteiger partial charge in [0.1, 0.15) is 11.6 Å². The number of nitrogens with one attached hydrogen (secondary N) is 2. The number of hydrogen-bond donors (Lipinski definition) is 3. The number of likely N-dealkylation sites (tertiary alicyclic amines) is 1. The summed E-state index contributed by atoms with van der Waals surface area (Å²) in [6, 6.07) is 9.52. The summed E-state index contributed by atoms with van der Waals surface area (Å²) in [6.45, 7) is 1.70. The third-order valence-electron chi connectivity index (χ3n) is 4.69. The van der Waals surface area contributed by atoms with E-state index in [0.29, 0.717) is 31.7 Å². The topological polar surface area (TPSA) is 100 Å². The third-order valence-corrected chi connectivity index (χ3v) is 4.69. The van der Waals surface area contributed by atoms with Gasteiger partial charge in [-0.2, -0.15) is 0 Å². The zero-order valence-corrected chi connectivity index (χ0v) is 18.0. The molecule has 1 unspecified atom stereocenters. The molecule has 7 nitrogen and oxygen atoms in total. The molecule has 1 aromatic heterocycles. The van der Waals surface area contributed by atoms with E-state index in [1.165, 1.54) is 6.07 Å². The fourth-order valence-corrected chi connectivity index (χ4v) is 3.25. The standard InChI is InChI=1S/C20H24FN5O2.2ClH/c21-16-7-1-2-8-17(16)25-18-15(6-3-10-23-18)20(28)26-12-4-5-14(13-26)19(27)24-11-9-22;;/h1-3,6-8,10,14H,4-5,9,11-13,22H2,(H,23,25)(H,24,27);2*1H. The first-order chi connectivity index (χ1) is 13.6. The minimum absolute atomic E-state index is 0. The molecule has 3 rings (SSSR count). The van der Waals surface area contributed by atoms with Crippen LogP contribution in [0.25, 0.3) is 0 Å². The molecule has 1 aliphatic heterocycles. The Morgan fingerprint density at radius 2 is 1.97 bits per heavy atom. The van der Waals surface area contributed by atoms with Crippen LogP contribution in [-0.4, -0.2) is 47.9 Å². The van der Waals surface area contributed by atoms with E-state index < -0.39 is 5.82 Å². The van der Waals surface area contributed by atoms with E-state index in [2.05, 4.69) is 15.6 Å². The summed E-state index contributed by atoms with van der Waals surface area (Å²) in [5.74, 6) is -0.723. The summed E-state index contributed by atoms with van der Waals surface area (Å²) in [5.41, 5.74) is 6.01. The largest absolute Gasteiger partial charge is 0.355 e. The van der Waals surface area contributed by atoms with Crippen molar-refractivity contribution in [2.45, 2.75) is 12.8 Å². The maximum atomic E-state index is 14.0. The number of pyridine rings is 1. The molecule has 2 amide bonds. The van der Waals surface area contributed by atoms with Crippen LogP contribution in [0.2, 0.25) is 0 Å². The molecular formula is C20H26Cl2FN5O2. The summed E-state index contributed by atoms with van der Waals surface area (Å²) in [6.07, 6.45) is 3.01. The first-order valence-electron chi connectivity index (χ1n) is 9.33. The Hall–Kier alpha value is -2.42. The molecule has 0 radical (unpaired) electrons. The summed E-state index contributed by atoms with van der Waals surface area (Å²) < 4.78 is 14.0. The highest BCUT2D eigenvalue weighted by atomic mass is 35.5. The van der Waals surface area contributed by atoms with Gasteiger partial charge in [-0.1, -0.05) is 12.1 Å². The highest BCUT2D eigenvalue weighted by Gasteiger charge is 2.30. The monoisotopic (exact) mass is 457 g/mol. The van der Waals surface area contributed by atoms with Crippen molar-refractivity contribution in [3.8, 4) is 0 Å². The first-order valence-corrected chi connectivity index (χ1v) is 9.33. The molecule has 1 aromatic carbocycles. The number of amides is 2. The number of piperidine rings is 1. The molecule has 10 heteroatoms. The number of carbonyl (C=O) groups excluding carboxylic acids is 2. The van der Waals surface area contributed by atoms with Gasteiger partial charge >= 0.3 is 0 Å². The van der Waals surface area contributed by atoms with E-state index in [-0.39, 0.29) is 54.1 Å². The van der Waals surface area contributed by atoms with Crippen molar-refractivity contribution in [3.05, 3.63) is 54.0 Å². The Bertz CT molecular complexity index is 855. The van der Waals surface area contributed by atoms with E-state index in [1.807, 2.05) is 0 Å². The minimum atomic E-state index is -0.429. The molecule has 2 heterocycles. The smallest absolute Gasteiger partial charge is 0.257 e. The summed E-state index contributed by atoms with van der Waals surface area (Å²) in [5, 5.41) is 5.68. The van der Waals surface area contributed by atoms with E-state index in [9.17, 15) is 14.0 Å². The Morgan fingerprint density at radius 3 is 2.70 bits per heavy atom. The van der Waals surface area contributed by atoms with Gasteiger partial charge in [-0.15, -0.1) is 24.8 Å². The Balaban J connectivity index is 0.00000225. The molecule has 0 saturated carbocycles. The summed E-state index contributed by atoms with van der Waals surface area (Å²) in [4.78, 5) is 31.2. The molecule has 0 spiro atoms. The molecule has 4 N–H and O–H groups in total.